The molecule has 0 aliphatic rings. The van der Waals surface area contributed by atoms with E-state index in [-0.39, 0.29) is 24.8 Å². The van der Waals surface area contributed by atoms with Gasteiger partial charge in [0.05, 0.1) is 26.4 Å². The standard InChI is InChI=1S/C38H40N10O2.2CH4O.2ClHO4.2ClH/c1-2-10-28-27(9-1)39-35(40-28)23-47(24-36-41-29-11-3-4-12-30(29)42-36)17-19-49-21-22-50-20-18-48(25-37-43-31-13-5-6-14-32(31)44-37)26-38-45-33-15-7-8-16-34(33)46-38;2*1-2;2*2-1(3,4)5;;/h1-16H,17-26H2,(H,39,40)(H,41,42)(H,43,44)(H,45,46);2*2H,1H3;2*(H,2,3,4,5);2*1H. The lowest BCUT2D eigenvalue weighted by molar-refractivity contribution is -2.00. The quantitative estimate of drug-likeness (QED) is 0.0462. The van der Waals surface area contributed by atoms with Crippen molar-refractivity contribution in [1.29, 1.82) is 0 Å². The van der Waals surface area contributed by atoms with Crippen LogP contribution >= 0.6 is 0 Å². The van der Waals surface area contributed by atoms with Crippen molar-refractivity contribution < 1.29 is 122 Å². The largest absolute Gasteiger partial charge is 1.00 e. The maximum absolute atomic E-state index is 8.49. The topological polar surface area (TPSA) is 370 Å². The Balaban J connectivity index is 0.000000832. The second-order valence-electron chi connectivity index (χ2n) is 13.5. The highest BCUT2D eigenvalue weighted by molar-refractivity contribution is 5.72. The summed E-state index contributed by atoms with van der Waals surface area (Å²) in [6.45, 7) is 6.73. The molecule has 22 nitrogen and oxygen atoms in total. The zero-order valence-electron chi connectivity index (χ0n) is 35.7. The van der Waals surface area contributed by atoms with Crippen molar-refractivity contribution >= 4 is 44.1 Å². The number of aliphatic hydroxyl groups excluding tert-OH is 2. The molecule has 0 aliphatic heterocycles. The summed E-state index contributed by atoms with van der Waals surface area (Å²) in [5, 5.41) is 14.0. The predicted octanol–water partition coefficient (Wildman–Crippen LogP) is -12.7. The van der Waals surface area contributed by atoms with Crippen LogP contribution in [0.4, 0.5) is 0 Å². The number of aromatic amines is 8. The number of aromatic nitrogens is 8. The van der Waals surface area contributed by atoms with E-state index in [0.717, 1.165) is 121 Å². The molecule has 4 heterocycles. The minimum atomic E-state index is -4.94. The Morgan fingerprint density at radius 1 is 0.409 bits per heavy atom. The third-order valence-electron chi connectivity index (χ3n) is 9.00. The lowest BCUT2D eigenvalue weighted by Crippen LogP contribution is -3.00. The summed E-state index contributed by atoms with van der Waals surface area (Å²) in [5.41, 5.74) is 8.82. The number of nitrogens with one attached hydrogen (secondary N) is 8. The summed E-state index contributed by atoms with van der Waals surface area (Å²) in [6.07, 6.45) is 0. The van der Waals surface area contributed by atoms with Gasteiger partial charge in [-0.2, -0.15) is 0 Å². The first-order valence-corrected chi connectivity index (χ1v) is 21.9. The van der Waals surface area contributed by atoms with Gasteiger partial charge in [-0.3, -0.25) is 9.80 Å². The molecule has 4 aromatic carbocycles. The second kappa shape index (κ2) is 29.2. The molecule has 0 atom stereocenters. The van der Waals surface area contributed by atoms with Crippen molar-refractivity contribution in [2.24, 2.45) is 0 Å². The van der Waals surface area contributed by atoms with Crippen LogP contribution in [0.5, 0.6) is 0 Å². The second-order valence-corrected chi connectivity index (χ2v) is 15.0. The highest BCUT2D eigenvalue weighted by Gasteiger charge is 2.21. The maximum atomic E-state index is 8.49. The minimum Gasteiger partial charge on any atom is -1.00 e. The normalized spacial score (nSPS) is 11.2. The molecule has 4 aromatic heterocycles. The van der Waals surface area contributed by atoms with Crippen LogP contribution in [0, 0.1) is 20.5 Å². The summed E-state index contributed by atoms with van der Waals surface area (Å²) in [4.78, 5) is 32.9. The molecule has 0 saturated carbocycles. The average molecular weight is 1010 g/mol. The van der Waals surface area contributed by atoms with Gasteiger partial charge in [-0.1, -0.05) is 48.5 Å². The number of nitrogens with zero attached hydrogens (tertiary/aromatic N) is 2. The summed E-state index contributed by atoms with van der Waals surface area (Å²) < 4.78 is 80.1. The molecule has 0 bridgehead atoms. The number of aliphatic hydroxyl groups is 2. The molecule has 362 valence electrons. The van der Waals surface area contributed by atoms with Crippen LogP contribution in [0.25, 0.3) is 44.1 Å². The van der Waals surface area contributed by atoms with Crippen molar-refractivity contribution in [2.75, 3.05) is 53.7 Å². The van der Waals surface area contributed by atoms with Gasteiger partial charge in [-0.15, -0.1) is 20.5 Å². The van der Waals surface area contributed by atoms with E-state index in [9.17, 15) is 0 Å². The fraction of sp³-hybridized carbons (Fsp3) is 0.300. The van der Waals surface area contributed by atoms with Gasteiger partial charge < -0.3 is 44.5 Å². The van der Waals surface area contributed by atoms with Crippen LogP contribution in [0.1, 0.15) is 23.3 Å². The molecule has 0 aliphatic carbocycles. The van der Waals surface area contributed by atoms with Crippen LogP contribution in [0.2, 0.25) is 0 Å². The van der Waals surface area contributed by atoms with Gasteiger partial charge in [0.2, 0.25) is 0 Å². The van der Waals surface area contributed by atoms with Crippen LogP contribution in [-0.4, -0.2) is 93.7 Å². The molecule has 8 aromatic rings. The molecular weight excluding hydrogens is 954 g/mol. The van der Waals surface area contributed by atoms with Gasteiger partial charge in [0.15, 0.2) is 44.1 Å². The van der Waals surface area contributed by atoms with Crippen LogP contribution < -0.4 is 82.0 Å². The first-order chi connectivity index (χ1) is 30.7. The monoisotopic (exact) mass is 1000 g/mol. The average Bonchev–Trinajstić information content (AvgIpc) is 4.05. The first-order valence-electron chi connectivity index (χ1n) is 19.4. The third kappa shape index (κ3) is 20.9. The Hall–Kier alpha value is -4.64. The Labute approximate surface area is 394 Å². The van der Waals surface area contributed by atoms with E-state index in [2.05, 4.69) is 98.2 Å². The number of benzene rings is 4. The van der Waals surface area contributed by atoms with Gasteiger partial charge in [-0.25, -0.2) is 77.1 Å². The van der Waals surface area contributed by atoms with Crippen LogP contribution in [-0.2, 0) is 35.7 Å². The van der Waals surface area contributed by atoms with Crippen molar-refractivity contribution in [3.8, 4) is 0 Å². The first kappa shape index (κ1) is 57.5. The zero-order valence-corrected chi connectivity index (χ0v) is 38.7. The van der Waals surface area contributed by atoms with E-state index in [1.54, 1.807) is 0 Å². The number of hydrogen-bond donors (Lipinski definition) is 6. The summed E-state index contributed by atoms with van der Waals surface area (Å²) in [5.74, 6) is 4.24. The van der Waals surface area contributed by atoms with Crippen molar-refractivity contribution in [3.63, 3.8) is 0 Å². The molecule has 66 heavy (non-hydrogen) atoms. The van der Waals surface area contributed by atoms with Gasteiger partial charge in [-0.05, 0) is 48.5 Å². The van der Waals surface area contributed by atoms with Gasteiger partial charge >= 0.3 is 0 Å². The minimum absolute atomic E-state index is 0. The lowest BCUT2D eigenvalue weighted by atomic mass is 10.3. The molecule has 0 fully saturated rings. The summed E-state index contributed by atoms with van der Waals surface area (Å²) >= 11 is 0. The Morgan fingerprint density at radius 3 is 0.833 bits per heavy atom. The number of ether oxygens (including phenoxy) is 2. The highest BCUT2D eigenvalue weighted by Crippen LogP contribution is 2.13. The Morgan fingerprint density at radius 2 is 0.621 bits per heavy atom. The fourth-order valence-corrected chi connectivity index (χ4v) is 6.58. The summed E-state index contributed by atoms with van der Waals surface area (Å²) in [7, 11) is -7.89. The molecule has 0 saturated heterocycles. The van der Waals surface area contributed by atoms with Crippen molar-refractivity contribution in [2.45, 2.75) is 26.2 Å². The SMILES string of the molecule is CO.CO.[Cl-].[Cl-].[O-][Cl+3]([O-])([O-])[O-].[O-][Cl+3]([O-])([O-])[O-].c1ccc2[nH+]c(CN(CCOCCOCCN(Cc3[nH]c4ccccc4[nH+]3)Cc3[nH]c4ccccc4[nH+]3)Cc3[nH]c4ccccc4[nH+]3)[nH]c2c1. The fourth-order valence-electron chi connectivity index (χ4n) is 6.58. The number of H-pyrrole nitrogens is 8. The number of fused-ring (bicyclic) bond motifs is 4. The Bertz CT molecular complexity index is 2080. The van der Waals surface area contributed by atoms with E-state index >= 15 is 0 Å². The van der Waals surface area contributed by atoms with E-state index in [0.29, 0.717) is 26.4 Å². The smallest absolute Gasteiger partial charge is 0.267 e. The van der Waals surface area contributed by atoms with E-state index in [1.807, 2.05) is 48.5 Å². The molecule has 0 amide bonds. The van der Waals surface area contributed by atoms with E-state index in [4.69, 9.17) is 57.0 Å². The van der Waals surface area contributed by atoms with Gasteiger partial charge in [0, 0.05) is 27.3 Å². The number of halogens is 4. The van der Waals surface area contributed by atoms with Gasteiger partial charge in [0.25, 0.3) is 23.3 Å². The number of imidazole rings is 4. The van der Waals surface area contributed by atoms with Crippen molar-refractivity contribution in [1.82, 2.24) is 29.7 Å². The highest BCUT2D eigenvalue weighted by atomic mass is 35.7. The molecule has 0 unspecified atom stereocenters. The molecule has 0 radical (unpaired) electrons. The molecule has 8 rings (SSSR count). The molecular formula is C40H52Cl4N10O12. The maximum Gasteiger partial charge on any atom is 0.267 e. The lowest BCUT2D eigenvalue weighted by Gasteiger charge is -2.18. The van der Waals surface area contributed by atoms with Crippen LogP contribution in [0.15, 0.2) is 97.1 Å². The number of para-hydroxylation sites is 8. The number of hydrogen-bond acceptors (Lipinski definition) is 14. The summed E-state index contributed by atoms with van der Waals surface area (Å²) in [6, 6.07) is 33.1. The predicted molar refractivity (Wildman–Crippen MR) is 206 cm³/mol. The Kier molecular flexibility index (Phi) is 25.4. The number of rotatable bonds is 17. The van der Waals surface area contributed by atoms with E-state index < -0.39 is 20.5 Å². The van der Waals surface area contributed by atoms with Crippen molar-refractivity contribution in [3.05, 3.63) is 120 Å². The molecule has 0 spiro atoms. The van der Waals surface area contributed by atoms with Crippen LogP contribution in [0.3, 0.4) is 0 Å². The van der Waals surface area contributed by atoms with E-state index in [1.165, 1.54) is 0 Å². The molecule has 10 N–H and O–H groups in total. The molecule has 26 heteroatoms. The third-order valence-corrected chi connectivity index (χ3v) is 9.00. The van der Waals surface area contributed by atoms with Gasteiger partial charge in [0.1, 0.15) is 26.2 Å². The zero-order chi connectivity index (χ0) is 46.5.